The monoisotopic (exact) mass is 238 g/mol. The van der Waals surface area contributed by atoms with Crippen LogP contribution >= 0.6 is 0 Å². The lowest BCUT2D eigenvalue weighted by Crippen LogP contribution is -2.26. The van der Waals surface area contributed by atoms with E-state index >= 15 is 0 Å². The summed E-state index contributed by atoms with van der Waals surface area (Å²) in [5, 5.41) is 0. The third-order valence-electron chi connectivity index (χ3n) is 3.31. The molecule has 0 atom stereocenters. The van der Waals surface area contributed by atoms with Crippen LogP contribution < -0.4 is 4.90 Å². The van der Waals surface area contributed by atoms with Gasteiger partial charge in [-0.3, -0.25) is 4.79 Å². The molecule has 1 aliphatic rings. The number of hydrogen-bond acceptors (Lipinski definition) is 3. The molecular weight excluding hydrogens is 224 g/mol. The van der Waals surface area contributed by atoms with Crippen molar-refractivity contribution >= 4 is 17.8 Å². The first kappa shape index (κ1) is 11.0. The molecule has 2 heterocycles. The number of carbonyl (C=O) groups excluding carboxylic acids is 1. The molecule has 3 heteroatoms. The van der Waals surface area contributed by atoms with Crippen molar-refractivity contribution in [2.75, 3.05) is 11.4 Å². The van der Waals surface area contributed by atoms with E-state index in [4.69, 9.17) is 0 Å². The molecular formula is C15H14N2O. The number of aryl methyl sites for hydroxylation is 1. The number of para-hydroxylation sites is 1. The zero-order chi connectivity index (χ0) is 12.4. The SMILES string of the molecule is O=Cc1cccnc1N1CCCc2ccccc21. The number of fused-ring (bicyclic) bond motifs is 1. The van der Waals surface area contributed by atoms with Gasteiger partial charge in [0.1, 0.15) is 5.82 Å². The summed E-state index contributed by atoms with van der Waals surface area (Å²) in [6.07, 6.45) is 4.79. The van der Waals surface area contributed by atoms with Gasteiger partial charge in [0.25, 0.3) is 0 Å². The van der Waals surface area contributed by atoms with Gasteiger partial charge in [-0.1, -0.05) is 18.2 Å². The smallest absolute Gasteiger partial charge is 0.153 e. The molecule has 2 aromatic rings. The molecule has 0 bridgehead atoms. The molecule has 0 fully saturated rings. The number of anilines is 2. The minimum Gasteiger partial charge on any atom is -0.326 e. The van der Waals surface area contributed by atoms with Crippen molar-refractivity contribution < 1.29 is 4.79 Å². The highest BCUT2D eigenvalue weighted by molar-refractivity contribution is 5.85. The first-order valence-corrected chi connectivity index (χ1v) is 6.16. The van der Waals surface area contributed by atoms with E-state index in [1.54, 1.807) is 12.3 Å². The van der Waals surface area contributed by atoms with Crippen LogP contribution in [0.5, 0.6) is 0 Å². The lowest BCUT2D eigenvalue weighted by atomic mass is 10.0. The van der Waals surface area contributed by atoms with E-state index in [9.17, 15) is 4.79 Å². The molecule has 18 heavy (non-hydrogen) atoms. The van der Waals surface area contributed by atoms with Crippen LogP contribution in [-0.4, -0.2) is 17.8 Å². The van der Waals surface area contributed by atoms with Crippen LogP contribution in [0.3, 0.4) is 0 Å². The van der Waals surface area contributed by atoms with Crippen LogP contribution in [0.2, 0.25) is 0 Å². The highest BCUT2D eigenvalue weighted by Crippen LogP contribution is 2.33. The fourth-order valence-corrected chi connectivity index (χ4v) is 2.48. The Bertz CT molecular complexity index is 580. The average Bonchev–Trinajstić information content (AvgIpc) is 2.46. The standard InChI is InChI=1S/C15H14N2O/c18-11-13-6-3-9-16-15(13)17-10-4-7-12-5-1-2-8-14(12)17/h1-3,5-6,8-9,11H,4,7,10H2. The molecule has 0 saturated carbocycles. The van der Waals surface area contributed by atoms with Gasteiger partial charge in [0, 0.05) is 18.4 Å². The molecule has 0 spiro atoms. The summed E-state index contributed by atoms with van der Waals surface area (Å²) in [4.78, 5) is 17.6. The van der Waals surface area contributed by atoms with E-state index in [2.05, 4.69) is 28.1 Å². The highest BCUT2D eigenvalue weighted by atomic mass is 16.1. The molecule has 3 nitrogen and oxygen atoms in total. The molecule has 0 unspecified atom stereocenters. The van der Waals surface area contributed by atoms with Crippen LogP contribution in [0.25, 0.3) is 0 Å². The van der Waals surface area contributed by atoms with Crippen molar-refractivity contribution in [2.24, 2.45) is 0 Å². The fraction of sp³-hybridized carbons (Fsp3) is 0.200. The number of aldehydes is 1. The summed E-state index contributed by atoms with van der Waals surface area (Å²) in [5.74, 6) is 0.764. The maximum Gasteiger partial charge on any atom is 0.153 e. The fourth-order valence-electron chi connectivity index (χ4n) is 2.48. The number of nitrogens with zero attached hydrogens (tertiary/aromatic N) is 2. The van der Waals surface area contributed by atoms with Gasteiger partial charge in [0.2, 0.25) is 0 Å². The van der Waals surface area contributed by atoms with Crippen LogP contribution in [0.15, 0.2) is 42.6 Å². The van der Waals surface area contributed by atoms with Crippen molar-refractivity contribution in [2.45, 2.75) is 12.8 Å². The predicted octanol–water partition coefficient (Wildman–Crippen LogP) is 2.98. The Hall–Kier alpha value is -2.16. The minimum absolute atomic E-state index is 0.647. The van der Waals surface area contributed by atoms with E-state index in [-0.39, 0.29) is 0 Å². The first-order chi connectivity index (χ1) is 8.90. The van der Waals surface area contributed by atoms with Gasteiger partial charge in [0.05, 0.1) is 5.56 Å². The van der Waals surface area contributed by atoms with Crippen molar-refractivity contribution in [1.29, 1.82) is 0 Å². The average molecular weight is 238 g/mol. The van der Waals surface area contributed by atoms with Crippen LogP contribution in [0, 0.1) is 0 Å². The number of carbonyl (C=O) groups is 1. The summed E-state index contributed by atoms with van der Waals surface area (Å²) >= 11 is 0. The second kappa shape index (κ2) is 4.61. The number of hydrogen-bond donors (Lipinski definition) is 0. The summed E-state index contributed by atoms with van der Waals surface area (Å²) in [5.41, 5.74) is 3.14. The van der Waals surface area contributed by atoms with Crippen molar-refractivity contribution in [3.8, 4) is 0 Å². The second-order valence-electron chi connectivity index (χ2n) is 4.42. The van der Waals surface area contributed by atoms with E-state index in [1.165, 1.54) is 11.3 Å². The second-order valence-corrected chi connectivity index (χ2v) is 4.42. The predicted molar refractivity (Wildman–Crippen MR) is 71.4 cm³/mol. The van der Waals surface area contributed by atoms with E-state index in [0.29, 0.717) is 5.56 Å². The Morgan fingerprint density at radius 3 is 2.94 bits per heavy atom. The maximum absolute atomic E-state index is 11.1. The van der Waals surface area contributed by atoms with Gasteiger partial charge >= 0.3 is 0 Å². The Morgan fingerprint density at radius 1 is 1.17 bits per heavy atom. The van der Waals surface area contributed by atoms with Gasteiger partial charge in [0.15, 0.2) is 6.29 Å². The Labute approximate surface area is 106 Å². The van der Waals surface area contributed by atoms with Crippen LogP contribution in [0.1, 0.15) is 22.3 Å². The number of benzene rings is 1. The third kappa shape index (κ3) is 1.78. The summed E-state index contributed by atoms with van der Waals surface area (Å²) < 4.78 is 0. The summed E-state index contributed by atoms with van der Waals surface area (Å²) in [7, 11) is 0. The zero-order valence-electron chi connectivity index (χ0n) is 10.0. The Balaban J connectivity index is 2.11. The van der Waals surface area contributed by atoms with Gasteiger partial charge in [-0.25, -0.2) is 4.98 Å². The summed E-state index contributed by atoms with van der Waals surface area (Å²) in [6, 6.07) is 11.9. The van der Waals surface area contributed by atoms with Gasteiger partial charge in [-0.15, -0.1) is 0 Å². The minimum atomic E-state index is 0.647. The lowest BCUT2D eigenvalue weighted by Gasteiger charge is -2.31. The lowest BCUT2D eigenvalue weighted by molar-refractivity contribution is 0.112. The first-order valence-electron chi connectivity index (χ1n) is 6.16. The molecule has 0 radical (unpaired) electrons. The summed E-state index contributed by atoms with van der Waals surface area (Å²) in [6.45, 7) is 0.912. The van der Waals surface area contributed by atoms with Crippen LogP contribution in [0.4, 0.5) is 11.5 Å². The largest absolute Gasteiger partial charge is 0.326 e. The molecule has 1 aromatic heterocycles. The van der Waals surface area contributed by atoms with Crippen molar-refractivity contribution in [3.05, 3.63) is 53.7 Å². The van der Waals surface area contributed by atoms with Crippen molar-refractivity contribution in [3.63, 3.8) is 0 Å². The number of aromatic nitrogens is 1. The van der Waals surface area contributed by atoms with E-state index in [1.807, 2.05) is 12.1 Å². The highest BCUT2D eigenvalue weighted by Gasteiger charge is 2.20. The van der Waals surface area contributed by atoms with E-state index < -0.39 is 0 Å². The molecule has 1 aliphatic heterocycles. The van der Waals surface area contributed by atoms with Gasteiger partial charge in [-0.2, -0.15) is 0 Å². The quantitative estimate of drug-likeness (QED) is 0.754. The topological polar surface area (TPSA) is 33.2 Å². The molecule has 0 saturated heterocycles. The molecule has 90 valence electrons. The Kier molecular flexibility index (Phi) is 2.81. The number of rotatable bonds is 2. The molecule has 0 aliphatic carbocycles. The number of pyridine rings is 1. The van der Waals surface area contributed by atoms with Gasteiger partial charge < -0.3 is 4.90 Å². The Morgan fingerprint density at radius 2 is 2.06 bits per heavy atom. The maximum atomic E-state index is 11.1. The van der Waals surface area contributed by atoms with Crippen molar-refractivity contribution in [1.82, 2.24) is 4.98 Å². The normalized spacial score (nSPS) is 14.1. The molecule has 0 amide bonds. The molecule has 1 aromatic carbocycles. The van der Waals surface area contributed by atoms with Gasteiger partial charge in [-0.05, 0) is 36.6 Å². The van der Waals surface area contributed by atoms with E-state index in [0.717, 1.165) is 31.5 Å². The zero-order valence-corrected chi connectivity index (χ0v) is 10.0. The molecule has 0 N–H and O–H groups in total. The molecule has 3 rings (SSSR count). The third-order valence-corrected chi connectivity index (χ3v) is 3.31. The van der Waals surface area contributed by atoms with Crippen LogP contribution in [-0.2, 0) is 6.42 Å².